The number of likely N-dealkylation sites (tertiary alicyclic amines) is 1. The molecule has 0 spiro atoms. The topological polar surface area (TPSA) is 58.4 Å². The second-order valence-electron chi connectivity index (χ2n) is 9.35. The van der Waals surface area contributed by atoms with E-state index in [0.29, 0.717) is 23.3 Å². The summed E-state index contributed by atoms with van der Waals surface area (Å²) in [5.74, 6) is -0.0269. The summed E-state index contributed by atoms with van der Waals surface area (Å²) in [6, 6.07) is 9.78. The van der Waals surface area contributed by atoms with Gasteiger partial charge in [0.1, 0.15) is 12.2 Å². The molecule has 0 bridgehead atoms. The van der Waals surface area contributed by atoms with Crippen LogP contribution in [-0.4, -0.2) is 57.1 Å². The molecule has 2 aromatic rings. The molecular formula is C26H35ClN4O2. The zero-order valence-electron chi connectivity index (χ0n) is 19.8. The maximum atomic E-state index is 13.4. The number of nitrogens with zero attached hydrogens (tertiary/aromatic N) is 4. The Bertz CT molecular complexity index is 971. The van der Waals surface area contributed by atoms with Crippen LogP contribution in [0.3, 0.4) is 0 Å². The SMILES string of the molecule is CCCCCC1CN(CC(=O)N2CCCCC2CC)C(=O)c2cc(-c3ccc(Cl)cc3)nn21. The number of amides is 2. The van der Waals surface area contributed by atoms with Gasteiger partial charge >= 0.3 is 0 Å². The van der Waals surface area contributed by atoms with E-state index in [0.717, 1.165) is 62.7 Å². The van der Waals surface area contributed by atoms with Crippen LogP contribution >= 0.6 is 11.6 Å². The number of carbonyl (C=O) groups excluding carboxylic acids is 2. The Balaban J connectivity index is 1.57. The van der Waals surface area contributed by atoms with Gasteiger partial charge in [0.15, 0.2) is 0 Å². The minimum absolute atomic E-state index is 0.0769. The Morgan fingerprint density at radius 1 is 1.12 bits per heavy atom. The van der Waals surface area contributed by atoms with Gasteiger partial charge in [-0.15, -0.1) is 0 Å². The van der Waals surface area contributed by atoms with E-state index in [1.807, 2.05) is 39.9 Å². The standard InChI is InChI=1S/C26H35ClN4O2/c1-3-5-6-10-22-17-29(18-25(32)30-15-8-7-9-21(30)4-2)26(33)24-16-23(28-31(22)24)19-11-13-20(27)14-12-19/h11-14,16,21-22H,3-10,15,17-18H2,1-2H3. The van der Waals surface area contributed by atoms with Gasteiger partial charge in [0, 0.05) is 29.7 Å². The highest BCUT2D eigenvalue weighted by Crippen LogP contribution is 2.30. The number of carbonyl (C=O) groups is 2. The van der Waals surface area contributed by atoms with Gasteiger partial charge in [0.2, 0.25) is 5.91 Å². The Morgan fingerprint density at radius 3 is 2.64 bits per heavy atom. The molecule has 33 heavy (non-hydrogen) atoms. The van der Waals surface area contributed by atoms with Crippen LogP contribution in [0.4, 0.5) is 0 Å². The summed E-state index contributed by atoms with van der Waals surface area (Å²) in [7, 11) is 0. The van der Waals surface area contributed by atoms with E-state index in [2.05, 4.69) is 13.8 Å². The average Bonchev–Trinajstić information content (AvgIpc) is 3.28. The number of benzene rings is 1. The van der Waals surface area contributed by atoms with Crippen molar-refractivity contribution in [2.45, 2.75) is 77.3 Å². The number of piperidine rings is 1. The van der Waals surface area contributed by atoms with Gasteiger partial charge < -0.3 is 9.80 Å². The fourth-order valence-electron chi connectivity index (χ4n) is 5.16. The number of halogens is 1. The number of hydrogen-bond acceptors (Lipinski definition) is 3. The van der Waals surface area contributed by atoms with Crippen LogP contribution in [0, 0.1) is 0 Å². The average molecular weight is 471 g/mol. The summed E-state index contributed by atoms with van der Waals surface area (Å²) in [5, 5.41) is 5.49. The number of unbranched alkanes of at least 4 members (excludes halogenated alkanes) is 2. The summed E-state index contributed by atoms with van der Waals surface area (Å²) in [4.78, 5) is 30.4. The molecule has 4 rings (SSSR count). The molecule has 6 nitrogen and oxygen atoms in total. The lowest BCUT2D eigenvalue weighted by Crippen LogP contribution is -2.51. The fraction of sp³-hybridized carbons (Fsp3) is 0.577. The van der Waals surface area contributed by atoms with E-state index >= 15 is 0 Å². The Kier molecular flexibility index (Phi) is 7.74. The molecule has 0 radical (unpaired) electrons. The first-order valence-corrected chi connectivity index (χ1v) is 12.8. The predicted molar refractivity (Wildman–Crippen MR) is 131 cm³/mol. The third kappa shape index (κ3) is 5.26. The van der Waals surface area contributed by atoms with Crippen LogP contribution in [0.15, 0.2) is 30.3 Å². The van der Waals surface area contributed by atoms with E-state index in [9.17, 15) is 9.59 Å². The van der Waals surface area contributed by atoms with Gasteiger partial charge in [-0.25, -0.2) is 0 Å². The second kappa shape index (κ2) is 10.7. The van der Waals surface area contributed by atoms with Crippen LogP contribution < -0.4 is 0 Å². The normalized spacial score (nSPS) is 20.8. The van der Waals surface area contributed by atoms with E-state index < -0.39 is 0 Å². The first kappa shape index (κ1) is 23.8. The fourth-order valence-corrected chi connectivity index (χ4v) is 5.28. The van der Waals surface area contributed by atoms with Crippen molar-refractivity contribution < 1.29 is 9.59 Å². The quantitative estimate of drug-likeness (QED) is 0.474. The van der Waals surface area contributed by atoms with Gasteiger partial charge in [-0.3, -0.25) is 14.3 Å². The zero-order chi connectivity index (χ0) is 23.4. The minimum Gasteiger partial charge on any atom is -0.338 e. The molecule has 0 N–H and O–H groups in total. The summed E-state index contributed by atoms with van der Waals surface area (Å²) in [6.45, 7) is 5.83. The first-order chi connectivity index (χ1) is 16.0. The molecule has 3 heterocycles. The lowest BCUT2D eigenvalue weighted by atomic mass is 9.99. The molecule has 2 aliphatic heterocycles. The maximum Gasteiger partial charge on any atom is 0.272 e. The largest absolute Gasteiger partial charge is 0.338 e. The highest BCUT2D eigenvalue weighted by Gasteiger charge is 2.35. The van der Waals surface area contributed by atoms with Gasteiger partial charge in [-0.1, -0.05) is 56.8 Å². The maximum absolute atomic E-state index is 13.4. The lowest BCUT2D eigenvalue weighted by molar-refractivity contribution is -0.135. The molecule has 1 aromatic carbocycles. The van der Waals surface area contributed by atoms with E-state index in [1.165, 1.54) is 6.42 Å². The molecule has 1 fully saturated rings. The molecular weight excluding hydrogens is 436 g/mol. The second-order valence-corrected chi connectivity index (χ2v) is 9.78. The van der Waals surface area contributed by atoms with E-state index in [1.54, 1.807) is 4.90 Å². The number of rotatable bonds is 8. The highest BCUT2D eigenvalue weighted by atomic mass is 35.5. The van der Waals surface area contributed by atoms with Crippen molar-refractivity contribution >= 4 is 23.4 Å². The van der Waals surface area contributed by atoms with Gasteiger partial charge in [-0.2, -0.15) is 5.10 Å². The third-order valence-electron chi connectivity index (χ3n) is 7.04. The smallest absolute Gasteiger partial charge is 0.272 e. The van der Waals surface area contributed by atoms with Gasteiger partial charge in [0.05, 0.1) is 11.7 Å². The molecule has 0 saturated carbocycles. The Labute approximate surface area is 201 Å². The molecule has 2 unspecified atom stereocenters. The van der Waals surface area contributed by atoms with Crippen molar-refractivity contribution in [1.29, 1.82) is 0 Å². The van der Waals surface area contributed by atoms with Crippen molar-refractivity contribution in [2.24, 2.45) is 0 Å². The monoisotopic (exact) mass is 470 g/mol. The van der Waals surface area contributed by atoms with Crippen LogP contribution in [0.2, 0.25) is 5.02 Å². The van der Waals surface area contributed by atoms with Gasteiger partial charge in [0.25, 0.3) is 5.91 Å². The minimum atomic E-state index is -0.104. The van der Waals surface area contributed by atoms with Crippen LogP contribution in [0.5, 0.6) is 0 Å². The van der Waals surface area contributed by atoms with Crippen molar-refractivity contribution in [3.05, 3.63) is 41.0 Å². The van der Waals surface area contributed by atoms with Crippen molar-refractivity contribution in [1.82, 2.24) is 19.6 Å². The molecule has 178 valence electrons. The van der Waals surface area contributed by atoms with Crippen molar-refractivity contribution in [3.8, 4) is 11.3 Å². The van der Waals surface area contributed by atoms with E-state index in [4.69, 9.17) is 16.7 Å². The first-order valence-electron chi connectivity index (χ1n) is 12.5. The molecule has 7 heteroatoms. The van der Waals surface area contributed by atoms with E-state index in [-0.39, 0.29) is 24.4 Å². The third-order valence-corrected chi connectivity index (χ3v) is 7.30. The summed E-state index contributed by atoms with van der Waals surface area (Å²) >= 11 is 6.05. The Morgan fingerprint density at radius 2 is 1.91 bits per heavy atom. The number of fused-ring (bicyclic) bond motifs is 1. The lowest BCUT2D eigenvalue weighted by Gasteiger charge is -2.38. The van der Waals surface area contributed by atoms with Crippen molar-refractivity contribution in [3.63, 3.8) is 0 Å². The molecule has 2 amide bonds. The highest BCUT2D eigenvalue weighted by molar-refractivity contribution is 6.30. The molecule has 0 aliphatic carbocycles. The summed E-state index contributed by atoms with van der Waals surface area (Å²) < 4.78 is 1.90. The van der Waals surface area contributed by atoms with Crippen molar-refractivity contribution in [2.75, 3.05) is 19.6 Å². The molecule has 2 aliphatic rings. The summed E-state index contributed by atoms with van der Waals surface area (Å²) in [5.41, 5.74) is 2.28. The van der Waals surface area contributed by atoms with Crippen LogP contribution in [0.1, 0.15) is 81.7 Å². The molecule has 1 saturated heterocycles. The van der Waals surface area contributed by atoms with Gasteiger partial charge in [-0.05, 0) is 50.3 Å². The zero-order valence-corrected chi connectivity index (χ0v) is 20.6. The number of aromatic nitrogens is 2. The Hall–Kier alpha value is -2.34. The molecule has 2 atom stereocenters. The van der Waals surface area contributed by atoms with Crippen LogP contribution in [0.25, 0.3) is 11.3 Å². The summed E-state index contributed by atoms with van der Waals surface area (Å²) in [6.07, 6.45) is 8.57. The predicted octanol–water partition coefficient (Wildman–Crippen LogP) is 5.57. The van der Waals surface area contributed by atoms with Crippen LogP contribution in [-0.2, 0) is 4.79 Å². The number of hydrogen-bond donors (Lipinski definition) is 0. The molecule has 1 aromatic heterocycles.